The van der Waals surface area contributed by atoms with E-state index in [4.69, 9.17) is 0 Å². The predicted octanol–water partition coefficient (Wildman–Crippen LogP) is 1.72. The van der Waals surface area contributed by atoms with Crippen LogP contribution in [0.1, 0.15) is 38.5 Å². The second kappa shape index (κ2) is 3.00. The Balaban J connectivity index is 2.11. The molecule has 0 saturated heterocycles. The fourth-order valence-electron chi connectivity index (χ4n) is 2.57. The monoisotopic (exact) mass is 166 g/mol. The molecule has 0 radical (unpaired) electrons. The third-order valence-electron chi connectivity index (χ3n) is 3.18. The molecule has 0 N–H and O–H groups in total. The summed E-state index contributed by atoms with van der Waals surface area (Å²) in [5.41, 5.74) is 0. The summed E-state index contributed by atoms with van der Waals surface area (Å²) in [7, 11) is 0. The quantitative estimate of drug-likeness (QED) is 0.513. The largest absolute Gasteiger partial charge is 0.299 e. The fraction of sp³-hybridized carbons (Fsp3) is 0.800. The van der Waals surface area contributed by atoms with Gasteiger partial charge in [-0.3, -0.25) is 9.59 Å². The summed E-state index contributed by atoms with van der Waals surface area (Å²) in [6.45, 7) is 0. The molecule has 2 atom stereocenters. The third-order valence-corrected chi connectivity index (χ3v) is 3.18. The van der Waals surface area contributed by atoms with Gasteiger partial charge in [-0.1, -0.05) is 12.8 Å². The number of rotatable bonds is 0. The Labute approximate surface area is 72.3 Å². The summed E-state index contributed by atoms with van der Waals surface area (Å²) in [5, 5.41) is 0. The van der Waals surface area contributed by atoms with Crippen molar-refractivity contribution in [1.29, 1.82) is 0 Å². The standard InChI is InChI=1S/C10H14O2/c11-8-5-7-3-1-2-4-9(7)10(12)6-8/h7,9H,1-6H2/t7-,9-/m0/s1. The molecule has 2 aliphatic carbocycles. The van der Waals surface area contributed by atoms with Crippen LogP contribution in [-0.2, 0) is 9.59 Å². The van der Waals surface area contributed by atoms with Gasteiger partial charge in [-0.05, 0) is 18.8 Å². The van der Waals surface area contributed by atoms with E-state index in [2.05, 4.69) is 0 Å². The predicted molar refractivity (Wildman–Crippen MR) is 44.7 cm³/mol. The van der Waals surface area contributed by atoms with E-state index < -0.39 is 0 Å². The summed E-state index contributed by atoms with van der Waals surface area (Å²) < 4.78 is 0. The topological polar surface area (TPSA) is 34.1 Å². The SMILES string of the molecule is O=C1CC(=O)[C@H]2CCCC[C@H]2C1. The Morgan fingerprint density at radius 3 is 2.67 bits per heavy atom. The van der Waals surface area contributed by atoms with Gasteiger partial charge < -0.3 is 0 Å². The Bertz CT molecular complexity index is 220. The van der Waals surface area contributed by atoms with Crippen molar-refractivity contribution in [1.82, 2.24) is 0 Å². The second-order valence-corrected chi connectivity index (χ2v) is 4.04. The zero-order valence-corrected chi connectivity index (χ0v) is 7.21. The molecule has 0 amide bonds. The number of hydrogen-bond donors (Lipinski definition) is 0. The summed E-state index contributed by atoms with van der Waals surface area (Å²) >= 11 is 0. The van der Waals surface area contributed by atoms with Gasteiger partial charge in [0, 0.05) is 12.3 Å². The number of carbonyl (C=O) groups is 2. The number of carbonyl (C=O) groups excluding carboxylic acids is 2. The van der Waals surface area contributed by atoms with Gasteiger partial charge in [-0.15, -0.1) is 0 Å². The van der Waals surface area contributed by atoms with Crippen LogP contribution in [-0.4, -0.2) is 11.6 Å². The molecular weight excluding hydrogens is 152 g/mol. The maximum Gasteiger partial charge on any atom is 0.143 e. The highest BCUT2D eigenvalue weighted by Crippen LogP contribution is 2.37. The normalized spacial score (nSPS) is 36.3. The van der Waals surface area contributed by atoms with Crippen LogP contribution in [0.3, 0.4) is 0 Å². The van der Waals surface area contributed by atoms with Gasteiger partial charge in [0.15, 0.2) is 0 Å². The first-order valence-electron chi connectivity index (χ1n) is 4.82. The molecule has 0 unspecified atom stereocenters. The molecule has 2 saturated carbocycles. The minimum atomic E-state index is 0.170. The van der Waals surface area contributed by atoms with Crippen molar-refractivity contribution in [2.45, 2.75) is 38.5 Å². The summed E-state index contributed by atoms with van der Waals surface area (Å²) in [5.74, 6) is 1.04. The van der Waals surface area contributed by atoms with Crippen molar-refractivity contribution in [3.8, 4) is 0 Å². The van der Waals surface area contributed by atoms with Crippen LogP contribution >= 0.6 is 0 Å². The lowest BCUT2D eigenvalue weighted by Gasteiger charge is -2.33. The van der Waals surface area contributed by atoms with E-state index in [0.29, 0.717) is 12.3 Å². The average molecular weight is 166 g/mol. The Morgan fingerprint density at radius 1 is 1.08 bits per heavy atom. The van der Waals surface area contributed by atoms with Gasteiger partial charge in [0.2, 0.25) is 0 Å². The highest BCUT2D eigenvalue weighted by Gasteiger charge is 2.36. The summed E-state index contributed by atoms with van der Waals surface area (Å²) in [4.78, 5) is 22.5. The van der Waals surface area contributed by atoms with Crippen molar-refractivity contribution in [2.75, 3.05) is 0 Å². The molecule has 0 aromatic rings. The molecule has 0 spiro atoms. The molecule has 2 aliphatic rings. The molecule has 2 fully saturated rings. The van der Waals surface area contributed by atoms with Crippen LogP contribution in [0.25, 0.3) is 0 Å². The third kappa shape index (κ3) is 1.30. The molecule has 2 heteroatoms. The lowest BCUT2D eigenvalue weighted by molar-refractivity contribution is -0.136. The summed E-state index contributed by atoms with van der Waals surface area (Å²) in [6.07, 6.45) is 5.43. The zero-order chi connectivity index (χ0) is 8.55. The zero-order valence-electron chi connectivity index (χ0n) is 7.21. The van der Waals surface area contributed by atoms with Crippen molar-refractivity contribution in [2.24, 2.45) is 11.8 Å². The van der Waals surface area contributed by atoms with Crippen molar-refractivity contribution in [3.63, 3.8) is 0 Å². The van der Waals surface area contributed by atoms with Crippen molar-refractivity contribution >= 4 is 11.6 Å². The summed E-state index contributed by atoms with van der Waals surface area (Å²) in [6, 6.07) is 0. The molecule has 2 rings (SSSR count). The van der Waals surface area contributed by atoms with Crippen LogP contribution in [0.4, 0.5) is 0 Å². The van der Waals surface area contributed by atoms with Crippen LogP contribution in [0.15, 0.2) is 0 Å². The highest BCUT2D eigenvalue weighted by atomic mass is 16.1. The number of Topliss-reactive ketones (excluding diaryl/α,β-unsaturated/α-hetero) is 2. The Hall–Kier alpha value is -0.660. The first kappa shape index (κ1) is 7.96. The lowest BCUT2D eigenvalue weighted by Crippen LogP contribution is -2.35. The maximum atomic E-state index is 11.4. The highest BCUT2D eigenvalue weighted by molar-refractivity contribution is 6.02. The minimum absolute atomic E-state index is 0.170. The van der Waals surface area contributed by atoms with E-state index in [1.165, 1.54) is 12.8 Å². The van der Waals surface area contributed by atoms with Crippen LogP contribution < -0.4 is 0 Å². The number of hydrogen-bond acceptors (Lipinski definition) is 2. The Morgan fingerprint density at radius 2 is 1.83 bits per heavy atom. The van der Waals surface area contributed by atoms with Crippen LogP contribution in [0, 0.1) is 11.8 Å². The van der Waals surface area contributed by atoms with E-state index in [1.807, 2.05) is 0 Å². The molecule has 0 aliphatic heterocycles. The van der Waals surface area contributed by atoms with Gasteiger partial charge in [-0.25, -0.2) is 0 Å². The van der Waals surface area contributed by atoms with Gasteiger partial charge in [-0.2, -0.15) is 0 Å². The molecule has 0 aromatic carbocycles. The minimum Gasteiger partial charge on any atom is -0.299 e. The van der Waals surface area contributed by atoms with E-state index >= 15 is 0 Å². The van der Waals surface area contributed by atoms with E-state index in [1.54, 1.807) is 0 Å². The fourth-order valence-corrected chi connectivity index (χ4v) is 2.57. The van der Waals surface area contributed by atoms with Gasteiger partial charge >= 0.3 is 0 Å². The molecule has 66 valence electrons. The average Bonchev–Trinajstić information content (AvgIpc) is 2.04. The molecule has 0 bridgehead atoms. The molecular formula is C10H14O2. The van der Waals surface area contributed by atoms with Crippen molar-refractivity contribution < 1.29 is 9.59 Å². The van der Waals surface area contributed by atoms with E-state index in [-0.39, 0.29) is 23.9 Å². The number of ketones is 2. The first-order chi connectivity index (χ1) is 5.77. The van der Waals surface area contributed by atoms with E-state index in [9.17, 15) is 9.59 Å². The van der Waals surface area contributed by atoms with E-state index in [0.717, 1.165) is 12.8 Å². The van der Waals surface area contributed by atoms with Crippen LogP contribution in [0.5, 0.6) is 0 Å². The molecule has 0 heterocycles. The second-order valence-electron chi connectivity index (χ2n) is 4.04. The first-order valence-corrected chi connectivity index (χ1v) is 4.82. The molecule has 2 nitrogen and oxygen atoms in total. The smallest absolute Gasteiger partial charge is 0.143 e. The Kier molecular flexibility index (Phi) is 1.99. The maximum absolute atomic E-state index is 11.4. The molecule has 12 heavy (non-hydrogen) atoms. The van der Waals surface area contributed by atoms with Gasteiger partial charge in [0.05, 0.1) is 6.42 Å². The van der Waals surface area contributed by atoms with Gasteiger partial charge in [0.1, 0.15) is 11.6 Å². The molecule has 0 aromatic heterocycles. The number of fused-ring (bicyclic) bond motifs is 1. The van der Waals surface area contributed by atoms with Crippen LogP contribution in [0.2, 0.25) is 0 Å². The van der Waals surface area contributed by atoms with Crippen molar-refractivity contribution in [3.05, 3.63) is 0 Å². The van der Waals surface area contributed by atoms with Gasteiger partial charge in [0.25, 0.3) is 0 Å². The lowest BCUT2D eigenvalue weighted by atomic mass is 9.70.